The number of halogens is 1. The zero-order valence-electron chi connectivity index (χ0n) is 12.6. The van der Waals surface area contributed by atoms with Gasteiger partial charge in [-0.05, 0) is 54.9 Å². The maximum absolute atomic E-state index is 13.3. The summed E-state index contributed by atoms with van der Waals surface area (Å²) in [4.78, 5) is 16.7. The summed E-state index contributed by atoms with van der Waals surface area (Å²) >= 11 is 1.58. The minimum Gasteiger partial charge on any atom is -0.331 e. The lowest BCUT2D eigenvalue weighted by Gasteiger charge is -2.19. The Balaban J connectivity index is 1.43. The van der Waals surface area contributed by atoms with Gasteiger partial charge >= 0.3 is 6.03 Å². The highest BCUT2D eigenvalue weighted by atomic mass is 32.1. The standard InChI is InChI=1S/C17H18FN3OS/c18-12-4-5-13-11(9-12)3-6-14(13)20-17(22)21-15(10-1-2-10)16-19-7-8-23-16/h4-5,7-10,14-15H,1-3,6H2,(H2,20,21,22)/t14-,15+/m0/s1. The van der Waals surface area contributed by atoms with E-state index in [-0.39, 0.29) is 23.9 Å². The summed E-state index contributed by atoms with van der Waals surface area (Å²) in [5.41, 5.74) is 2.02. The molecule has 0 spiro atoms. The SMILES string of the molecule is O=C(N[C@H]1CCc2cc(F)ccc21)N[C@@H](c1nccs1)C1CC1. The lowest BCUT2D eigenvalue weighted by molar-refractivity contribution is 0.231. The molecule has 23 heavy (non-hydrogen) atoms. The van der Waals surface area contributed by atoms with E-state index in [0.717, 1.165) is 41.8 Å². The Kier molecular flexibility index (Phi) is 3.77. The van der Waals surface area contributed by atoms with Crippen LogP contribution in [0.15, 0.2) is 29.8 Å². The molecule has 0 aliphatic heterocycles. The number of amides is 2. The number of carbonyl (C=O) groups is 1. The second-order valence-corrected chi connectivity index (χ2v) is 7.16. The van der Waals surface area contributed by atoms with E-state index < -0.39 is 0 Å². The molecule has 2 aromatic rings. The first kappa shape index (κ1) is 14.6. The minimum atomic E-state index is -0.216. The topological polar surface area (TPSA) is 54.0 Å². The van der Waals surface area contributed by atoms with Crippen LogP contribution in [0.5, 0.6) is 0 Å². The van der Waals surface area contributed by atoms with Crippen molar-refractivity contribution in [3.05, 3.63) is 51.7 Å². The lowest BCUT2D eigenvalue weighted by atomic mass is 10.1. The van der Waals surface area contributed by atoms with Crippen molar-refractivity contribution in [3.63, 3.8) is 0 Å². The molecule has 1 heterocycles. The van der Waals surface area contributed by atoms with Crippen molar-refractivity contribution in [2.75, 3.05) is 0 Å². The summed E-state index contributed by atoms with van der Waals surface area (Å²) < 4.78 is 13.3. The normalized spacial score (nSPS) is 20.8. The van der Waals surface area contributed by atoms with Gasteiger partial charge in [-0.15, -0.1) is 11.3 Å². The summed E-state index contributed by atoms with van der Waals surface area (Å²) in [5.74, 6) is 0.281. The molecule has 0 saturated heterocycles. The van der Waals surface area contributed by atoms with Gasteiger partial charge in [-0.25, -0.2) is 14.2 Å². The molecule has 4 rings (SSSR count). The highest BCUT2D eigenvalue weighted by molar-refractivity contribution is 7.09. The summed E-state index contributed by atoms with van der Waals surface area (Å²) in [6.45, 7) is 0. The number of fused-ring (bicyclic) bond motifs is 1. The third kappa shape index (κ3) is 3.08. The second-order valence-electron chi connectivity index (χ2n) is 6.24. The van der Waals surface area contributed by atoms with Gasteiger partial charge in [0.15, 0.2) is 0 Å². The zero-order chi connectivity index (χ0) is 15.8. The Morgan fingerprint density at radius 2 is 2.22 bits per heavy atom. The number of nitrogens with one attached hydrogen (secondary N) is 2. The molecule has 1 saturated carbocycles. The molecule has 1 aromatic heterocycles. The fourth-order valence-corrected chi connectivity index (χ4v) is 4.06. The van der Waals surface area contributed by atoms with Crippen LogP contribution in [0.1, 0.15) is 47.5 Å². The molecule has 2 N–H and O–H groups in total. The van der Waals surface area contributed by atoms with E-state index in [4.69, 9.17) is 0 Å². The maximum Gasteiger partial charge on any atom is 0.315 e. The molecular weight excluding hydrogens is 313 g/mol. The minimum absolute atomic E-state index is 0.00379. The number of urea groups is 1. The highest BCUT2D eigenvalue weighted by Gasteiger charge is 2.35. The van der Waals surface area contributed by atoms with E-state index in [9.17, 15) is 9.18 Å². The van der Waals surface area contributed by atoms with Crippen LogP contribution in [0.25, 0.3) is 0 Å². The largest absolute Gasteiger partial charge is 0.331 e. The van der Waals surface area contributed by atoms with Crippen LogP contribution in [0.2, 0.25) is 0 Å². The molecule has 4 nitrogen and oxygen atoms in total. The summed E-state index contributed by atoms with van der Waals surface area (Å²) in [6, 6.07) is 4.60. The molecule has 2 amide bonds. The summed E-state index contributed by atoms with van der Waals surface area (Å²) in [6.07, 6.45) is 5.66. The Labute approximate surface area is 138 Å². The third-order valence-electron chi connectivity index (χ3n) is 4.59. The Morgan fingerprint density at radius 3 is 2.96 bits per heavy atom. The second kappa shape index (κ2) is 5.92. The van der Waals surface area contributed by atoms with Gasteiger partial charge in [0.05, 0.1) is 12.1 Å². The van der Waals surface area contributed by atoms with Crippen LogP contribution in [-0.4, -0.2) is 11.0 Å². The van der Waals surface area contributed by atoms with Crippen molar-refractivity contribution in [2.45, 2.75) is 37.8 Å². The first-order valence-electron chi connectivity index (χ1n) is 7.95. The monoisotopic (exact) mass is 331 g/mol. The van der Waals surface area contributed by atoms with Crippen molar-refractivity contribution in [1.82, 2.24) is 15.6 Å². The van der Waals surface area contributed by atoms with Gasteiger partial charge < -0.3 is 10.6 Å². The maximum atomic E-state index is 13.3. The average molecular weight is 331 g/mol. The molecular formula is C17H18FN3OS. The summed E-state index contributed by atoms with van der Waals surface area (Å²) in [5, 5.41) is 9.01. The molecule has 1 fully saturated rings. The average Bonchev–Trinajstić information content (AvgIpc) is 3.08. The fourth-order valence-electron chi connectivity index (χ4n) is 3.28. The molecule has 0 bridgehead atoms. The quantitative estimate of drug-likeness (QED) is 0.897. The van der Waals surface area contributed by atoms with Crippen LogP contribution >= 0.6 is 11.3 Å². The van der Waals surface area contributed by atoms with Gasteiger partial charge in [-0.1, -0.05) is 6.07 Å². The molecule has 120 valence electrons. The molecule has 0 unspecified atom stereocenters. The smallest absolute Gasteiger partial charge is 0.315 e. The van der Waals surface area contributed by atoms with Gasteiger partial charge in [0, 0.05) is 11.6 Å². The first-order valence-corrected chi connectivity index (χ1v) is 8.83. The van der Waals surface area contributed by atoms with Crippen LogP contribution in [-0.2, 0) is 6.42 Å². The van der Waals surface area contributed by atoms with E-state index in [1.807, 2.05) is 5.38 Å². The first-order chi connectivity index (χ1) is 11.2. The third-order valence-corrected chi connectivity index (χ3v) is 5.44. The molecule has 1 aromatic carbocycles. The van der Waals surface area contributed by atoms with Gasteiger partial charge in [0.25, 0.3) is 0 Å². The predicted molar refractivity (Wildman–Crippen MR) is 86.7 cm³/mol. The highest BCUT2D eigenvalue weighted by Crippen LogP contribution is 2.41. The Hall–Kier alpha value is -1.95. The Morgan fingerprint density at radius 1 is 1.35 bits per heavy atom. The van der Waals surface area contributed by atoms with Gasteiger partial charge in [0.2, 0.25) is 0 Å². The number of aromatic nitrogens is 1. The van der Waals surface area contributed by atoms with Gasteiger partial charge in [-0.2, -0.15) is 0 Å². The van der Waals surface area contributed by atoms with Gasteiger partial charge in [0.1, 0.15) is 10.8 Å². The van der Waals surface area contributed by atoms with E-state index in [2.05, 4.69) is 15.6 Å². The zero-order valence-corrected chi connectivity index (χ0v) is 13.4. The van der Waals surface area contributed by atoms with E-state index in [0.29, 0.717) is 5.92 Å². The number of hydrogen-bond donors (Lipinski definition) is 2. The predicted octanol–water partition coefficient (Wildman–Crippen LogP) is 3.72. The van der Waals surface area contributed by atoms with E-state index in [1.54, 1.807) is 29.7 Å². The number of aryl methyl sites for hydroxylation is 1. The van der Waals surface area contributed by atoms with E-state index in [1.165, 1.54) is 6.07 Å². The fraction of sp³-hybridized carbons (Fsp3) is 0.412. The van der Waals surface area contributed by atoms with Crippen LogP contribution < -0.4 is 10.6 Å². The van der Waals surface area contributed by atoms with Crippen LogP contribution in [0.3, 0.4) is 0 Å². The number of nitrogens with zero attached hydrogens (tertiary/aromatic N) is 1. The van der Waals surface area contributed by atoms with Crippen molar-refractivity contribution in [1.29, 1.82) is 0 Å². The molecule has 2 aliphatic rings. The molecule has 0 radical (unpaired) electrons. The van der Waals surface area contributed by atoms with Crippen molar-refractivity contribution < 1.29 is 9.18 Å². The molecule has 2 atom stereocenters. The molecule has 6 heteroatoms. The lowest BCUT2D eigenvalue weighted by Crippen LogP contribution is -2.40. The van der Waals surface area contributed by atoms with Crippen LogP contribution in [0.4, 0.5) is 9.18 Å². The van der Waals surface area contributed by atoms with Crippen molar-refractivity contribution >= 4 is 17.4 Å². The number of rotatable bonds is 4. The number of carbonyl (C=O) groups excluding carboxylic acids is 1. The number of hydrogen-bond acceptors (Lipinski definition) is 3. The van der Waals surface area contributed by atoms with Crippen molar-refractivity contribution in [2.24, 2.45) is 5.92 Å². The van der Waals surface area contributed by atoms with Crippen molar-refractivity contribution in [3.8, 4) is 0 Å². The number of thiazole rings is 1. The van der Waals surface area contributed by atoms with Crippen LogP contribution in [0, 0.1) is 11.7 Å². The molecule has 2 aliphatic carbocycles. The summed E-state index contributed by atoms with van der Waals surface area (Å²) in [7, 11) is 0. The number of benzene rings is 1. The Bertz CT molecular complexity index is 715. The van der Waals surface area contributed by atoms with Gasteiger partial charge in [-0.3, -0.25) is 0 Å². The van der Waals surface area contributed by atoms with E-state index >= 15 is 0 Å².